The molecule has 1 atom stereocenters. The second-order valence-corrected chi connectivity index (χ2v) is 3.94. The van der Waals surface area contributed by atoms with Gasteiger partial charge in [0, 0.05) is 0 Å². The fourth-order valence-electron chi connectivity index (χ4n) is 1.87. The van der Waals surface area contributed by atoms with E-state index in [9.17, 15) is 9.59 Å². The largest absolute Gasteiger partial charge is 0.491 e. The topological polar surface area (TPSA) is 52.6 Å². The fraction of sp³-hybridized carbons (Fsp3) is 0.385. The number of rotatable bonds is 2. The first kappa shape index (κ1) is 11.6. The van der Waals surface area contributed by atoms with Crippen LogP contribution in [-0.4, -0.2) is 25.5 Å². The number of hydrogen-bond acceptors (Lipinski definition) is 4. The zero-order chi connectivity index (χ0) is 12.4. The van der Waals surface area contributed by atoms with Crippen LogP contribution in [0.2, 0.25) is 0 Å². The molecule has 0 saturated carbocycles. The molecule has 2 rings (SSSR count). The number of carbonyl (C=O) groups excluding carboxylic acids is 2. The van der Waals surface area contributed by atoms with Crippen molar-refractivity contribution in [2.24, 2.45) is 5.92 Å². The number of Topliss-reactive ketones (excluding diaryl/α,β-unsaturated/α-hetero) is 1. The molecule has 0 N–H and O–H groups in total. The van der Waals surface area contributed by atoms with Gasteiger partial charge in [-0.05, 0) is 24.1 Å². The molecule has 0 bridgehead atoms. The molecule has 0 spiro atoms. The molecule has 1 aliphatic rings. The summed E-state index contributed by atoms with van der Waals surface area (Å²) < 4.78 is 10.00. The highest BCUT2D eigenvalue weighted by atomic mass is 16.5. The van der Waals surface area contributed by atoms with Gasteiger partial charge in [0.1, 0.15) is 12.4 Å². The van der Waals surface area contributed by atoms with Crippen LogP contribution in [0.3, 0.4) is 0 Å². The molecule has 0 aliphatic carbocycles. The molecule has 0 saturated heterocycles. The average molecular weight is 234 g/mol. The summed E-state index contributed by atoms with van der Waals surface area (Å²) in [4.78, 5) is 23.5. The van der Waals surface area contributed by atoms with E-state index in [2.05, 4.69) is 4.74 Å². The predicted octanol–water partition coefficient (Wildman–Crippen LogP) is 1.61. The Labute approximate surface area is 99.5 Å². The lowest BCUT2D eigenvalue weighted by atomic mass is 9.93. The lowest BCUT2D eigenvalue weighted by molar-refractivity contribution is -0.144. The summed E-state index contributed by atoms with van der Waals surface area (Å²) in [6.45, 7) is 2.07. The van der Waals surface area contributed by atoms with Crippen LogP contribution < -0.4 is 4.74 Å². The van der Waals surface area contributed by atoms with Crippen LogP contribution in [-0.2, 0) is 16.0 Å². The number of fused-ring (bicyclic) bond motifs is 1. The summed E-state index contributed by atoms with van der Waals surface area (Å²) in [5.41, 5.74) is 1.53. The van der Waals surface area contributed by atoms with Crippen molar-refractivity contribution in [1.82, 2.24) is 0 Å². The molecule has 90 valence electrons. The normalized spacial score (nSPS) is 18.2. The van der Waals surface area contributed by atoms with Crippen molar-refractivity contribution in [2.75, 3.05) is 13.7 Å². The number of hydrogen-bond donors (Lipinski definition) is 0. The summed E-state index contributed by atoms with van der Waals surface area (Å²) in [6, 6.07) is 5.48. The Morgan fingerprint density at radius 1 is 1.53 bits per heavy atom. The average Bonchev–Trinajstić information content (AvgIpc) is 2.38. The van der Waals surface area contributed by atoms with E-state index in [1.54, 1.807) is 12.1 Å². The van der Waals surface area contributed by atoms with Crippen molar-refractivity contribution >= 4 is 11.8 Å². The summed E-state index contributed by atoms with van der Waals surface area (Å²) in [5, 5.41) is 0. The summed E-state index contributed by atoms with van der Waals surface area (Å²) >= 11 is 0. The molecular formula is C13H14O4. The van der Waals surface area contributed by atoms with E-state index >= 15 is 0 Å². The van der Waals surface area contributed by atoms with Gasteiger partial charge in [-0.25, -0.2) is 0 Å². The maximum absolute atomic E-state index is 12.1. The number of ether oxygens (including phenoxy) is 2. The molecule has 1 aromatic rings. The third-order valence-corrected chi connectivity index (χ3v) is 2.93. The molecule has 17 heavy (non-hydrogen) atoms. The van der Waals surface area contributed by atoms with Gasteiger partial charge in [-0.1, -0.05) is 13.0 Å². The first-order valence-corrected chi connectivity index (χ1v) is 5.55. The van der Waals surface area contributed by atoms with E-state index in [1.807, 2.05) is 13.0 Å². The molecule has 1 heterocycles. The molecule has 4 heteroatoms. The minimum atomic E-state index is -0.834. The summed E-state index contributed by atoms with van der Waals surface area (Å²) in [5.74, 6) is -1.04. The van der Waals surface area contributed by atoms with E-state index < -0.39 is 11.9 Å². The Hall–Kier alpha value is -1.84. The lowest BCUT2D eigenvalue weighted by Gasteiger charge is -2.22. The predicted molar refractivity (Wildman–Crippen MR) is 61.2 cm³/mol. The fourth-order valence-corrected chi connectivity index (χ4v) is 1.87. The standard InChI is InChI=1S/C13H14O4/c1-3-8-4-5-11-9(6-8)12(14)10(7-17-11)13(15)16-2/h4-6,10H,3,7H2,1-2H3. The van der Waals surface area contributed by atoms with Crippen LogP contribution in [0.4, 0.5) is 0 Å². The monoisotopic (exact) mass is 234 g/mol. The molecule has 1 unspecified atom stereocenters. The van der Waals surface area contributed by atoms with Gasteiger partial charge in [0.2, 0.25) is 0 Å². The van der Waals surface area contributed by atoms with Crippen molar-refractivity contribution in [1.29, 1.82) is 0 Å². The van der Waals surface area contributed by atoms with E-state index in [1.165, 1.54) is 7.11 Å². The Kier molecular flexibility index (Phi) is 3.13. The Balaban J connectivity index is 2.36. The zero-order valence-corrected chi connectivity index (χ0v) is 9.86. The molecule has 4 nitrogen and oxygen atoms in total. The van der Waals surface area contributed by atoms with E-state index in [0.29, 0.717) is 11.3 Å². The molecule has 0 radical (unpaired) electrons. The first-order valence-electron chi connectivity index (χ1n) is 5.55. The number of ketones is 1. The maximum Gasteiger partial charge on any atom is 0.320 e. The Morgan fingerprint density at radius 2 is 2.29 bits per heavy atom. The third-order valence-electron chi connectivity index (χ3n) is 2.93. The third kappa shape index (κ3) is 2.02. The van der Waals surface area contributed by atoms with Crippen LogP contribution in [0.25, 0.3) is 0 Å². The van der Waals surface area contributed by atoms with Crippen molar-refractivity contribution in [3.8, 4) is 5.75 Å². The summed E-state index contributed by atoms with van der Waals surface area (Å²) in [7, 11) is 1.27. The maximum atomic E-state index is 12.1. The Bertz CT molecular complexity index is 464. The highest BCUT2D eigenvalue weighted by Gasteiger charge is 2.35. The van der Waals surface area contributed by atoms with Crippen LogP contribution >= 0.6 is 0 Å². The SMILES string of the molecule is CCc1ccc2c(c1)C(=O)C(C(=O)OC)CO2. The number of aryl methyl sites for hydroxylation is 1. The van der Waals surface area contributed by atoms with E-state index in [-0.39, 0.29) is 12.4 Å². The molecular weight excluding hydrogens is 220 g/mol. The van der Waals surface area contributed by atoms with Crippen molar-refractivity contribution in [3.63, 3.8) is 0 Å². The van der Waals surface area contributed by atoms with Crippen molar-refractivity contribution in [3.05, 3.63) is 29.3 Å². The lowest BCUT2D eigenvalue weighted by Crippen LogP contribution is -2.34. The van der Waals surface area contributed by atoms with Crippen molar-refractivity contribution < 1.29 is 19.1 Å². The van der Waals surface area contributed by atoms with Crippen LogP contribution in [0.5, 0.6) is 5.75 Å². The summed E-state index contributed by atoms with van der Waals surface area (Å²) in [6.07, 6.45) is 0.837. The van der Waals surface area contributed by atoms with Gasteiger partial charge in [-0.15, -0.1) is 0 Å². The quantitative estimate of drug-likeness (QED) is 0.576. The van der Waals surface area contributed by atoms with Gasteiger partial charge in [0.05, 0.1) is 12.7 Å². The highest BCUT2D eigenvalue weighted by Crippen LogP contribution is 2.28. The van der Waals surface area contributed by atoms with Crippen molar-refractivity contribution in [2.45, 2.75) is 13.3 Å². The highest BCUT2D eigenvalue weighted by molar-refractivity contribution is 6.11. The molecule has 0 fully saturated rings. The van der Waals surface area contributed by atoms with Crippen LogP contribution in [0, 0.1) is 5.92 Å². The second-order valence-electron chi connectivity index (χ2n) is 3.94. The van der Waals surface area contributed by atoms with Gasteiger partial charge in [-0.3, -0.25) is 9.59 Å². The molecule has 0 amide bonds. The Morgan fingerprint density at radius 3 is 2.94 bits per heavy atom. The number of benzene rings is 1. The first-order chi connectivity index (χ1) is 8.17. The van der Waals surface area contributed by atoms with Gasteiger partial charge < -0.3 is 9.47 Å². The number of carbonyl (C=O) groups is 2. The van der Waals surface area contributed by atoms with Gasteiger partial charge in [-0.2, -0.15) is 0 Å². The second kappa shape index (κ2) is 4.57. The van der Waals surface area contributed by atoms with Gasteiger partial charge in [0.25, 0.3) is 0 Å². The number of esters is 1. The van der Waals surface area contributed by atoms with Gasteiger partial charge >= 0.3 is 5.97 Å². The molecule has 1 aliphatic heterocycles. The molecule has 0 aromatic heterocycles. The van der Waals surface area contributed by atoms with Crippen LogP contribution in [0.1, 0.15) is 22.8 Å². The zero-order valence-electron chi connectivity index (χ0n) is 9.86. The van der Waals surface area contributed by atoms with Crippen LogP contribution in [0.15, 0.2) is 18.2 Å². The minimum Gasteiger partial charge on any atom is -0.491 e. The van der Waals surface area contributed by atoms with Gasteiger partial charge in [0.15, 0.2) is 11.7 Å². The smallest absolute Gasteiger partial charge is 0.320 e. The number of methoxy groups -OCH3 is 1. The van der Waals surface area contributed by atoms with E-state index in [4.69, 9.17) is 4.74 Å². The molecule has 1 aromatic carbocycles. The van der Waals surface area contributed by atoms with E-state index in [0.717, 1.165) is 12.0 Å². The minimum absolute atomic E-state index is 0.0595.